The zero-order valence-electron chi connectivity index (χ0n) is 11.5. The number of benzene rings is 2. The molecule has 0 spiro atoms. The molecule has 0 bridgehead atoms. The van der Waals surface area contributed by atoms with Gasteiger partial charge in [-0.2, -0.15) is 13.2 Å². The van der Waals surface area contributed by atoms with Crippen molar-refractivity contribution in [1.29, 1.82) is 0 Å². The molecule has 2 aliphatic rings. The van der Waals surface area contributed by atoms with Crippen molar-refractivity contribution >= 4 is 23.1 Å². The molecule has 1 unspecified atom stereocenters. The number of para-hydroxylation sites is 1. The molecular weight excluding hydrogens is 309 g/mol. The van der Waals surface area contributed by atoms with Crippen LogP contribution in [0.4, 0.5) is 24.5 Å². The van der Waals surface area contributed by atoms with E-state index in [1.165, 1.54) is 17.8 Å². The Labute approximate surface area is 130 Å². The number of nitrogens with zero attached hydrogens (tertiary/aromatic N) is 1. The van der Waals surface area contributed by atoms with Gasteiger partial charge in [-0.3, -0.25) is 0 Å². The molecule has 0 aliphatic carbocycles. The molecule has 0 fully saturated rings. The van der Waals surface area contributed by atoms with Crippen molar-refractivity contribution < 1.29 is 13.2 Å². The number of anilines is 2. The second-order valence-corrected chi connectivity index (χ2v) is 6.61. The van der Waals surface area contributed by atoms with Gasteiger partial charge in [-0.15, -0.1) is 0 Å². The van der Waals surface area contributed by atoms with Crippen LogP contribution in [0.1, 0.15) is 23.6 Å². The van der Waals surface area contributed by atoms with E-state index in [-0.39, 0.29) is 6.04 Å². The molecule has 2 aromatic rings. The Morgan fingerprint density at radius 2 is 1.95 bits per heavy atom. The molecule has 0 amide bonds. The van der Waals surface area contributed by atoms with Crippen LogP contribution in [0.2, 0.25) is 0 Å². The monoisotopic (exact) mass is 322 g/mol. The van der Waals surface area contributed by atoms with Crippen LogP contribution in [0.15, 0.2) is 46.2 Å². The van der Waals surface area contributed by atoms with Crippen molar-refractivity contribution in [2.45, 2.75) is 28.4 Å². The maximum atomic E-state index is 13.0. The number of hydrogen-bond donors (Lipinski definition) is 1. The summed E-state index contributed by atoms with van der Waals surface area (Å²) in [5, 5.41) is 0. The maximum absolute atomic E-state index is 13.0. The highest BCUT2D eigenvalue weighted by molar-refractivity contribution is 7.99. The Morgan fingerprint density at radius 3 is 2.73 bits per heavy atom. The highest BCUT2D eigenvalue weighted by Gasteiger charge is 2.35. The van der Waals surface area contributed by atoms with Crippen molar-refractivity contribution in [3.05, 3.63) is 47.5 Å². The van der Waals surface area contributed by atoms with Crippen molar-refractivity contribution in [3.63, 3.8) is 0 Å². The Kier molecular flexibility index (Phi) is 2.96. The van der Waals surface area contributed by atoms with Gasteiger partial charge in [0.05, 0.1) is 16.9 Å². The van der Waals surface area contributed by atoms with Gasteiger partial charge in [-0.05, 0) is 36.2 Å². The van der Waals surface area contributed by atoms with Gasteiger partial charge in [-0.25, -0.2) is 0 Å². The van der Waals surface area contributed by atoms with Crippen LogP contribution in [-0.4, -0.2) is 6.54 Å². The molecule has 114 valence electrons. The molecule has 2 nitrogen and oxygen atoms in total. The minimum Gasteiger partial charge on any atom is -0.339 e. The van der Waals surface area contributed by atoms with Gasteiger partial charge in [0.2, 0.25) is 0 Å². The van der Waals surface area contributed by atoms with Gasteiger partial charge < -0.3 is 10.6 Å². The minimum atomic E-state index is -4.33. The van der Waals surface area contributed by atoms with Crippen LogP contribution in [0.25, 0.3) is 0 Å². The molecule has 22 heavy (non-hydrogen) atoms. The fourth-order valence-electron chi connectivity index (χ4n) is 3.10. The Hall–Kier alpha value is -1.66. The van der Waals surface area contributed by atoms with Crippen molar-refractivity contribution in [2.75, 3.05) is 11.4 Å². The van der Waals surface area contributed by atoms with Crippen LogP contribution < -0.4 is 10.6 Å². The Balaban J connectivity index is 1.90. The summed E-state index contributed by atoms with van der Waals surface area (Å²) in [6.45, 7) is 0.639. The van der Waals surface area contributed by atoms with Gasteiger partial charge in [0.15, 0.2) is 0 Å². The van der Waals surface area contributed by atoms with Gasteiger partial charge in [-0.1, -0.05) is 23.9 Å². The predicted octanol–water partition coefficient (Wildman–Crippen LogP) is 4.71. The fourth-order valence-corrected chi connectivity index (χ4v) is 4.21. The number of fused-ring (bicyclic) bond motifs is 2. The smallest absolute Gasteiger partial charge is 0.339 e. The van der Waals surface area contributed by atoms with E-state index >= 15 is 0 Å². The SMILES string of the molecule is NC1CCN2c3cc(C(F)(F)F)ccc3Sc3cccc1c32. The van der Waals surface area contributed by atoms with Crippen LogP contribution >= 0.6 is 11.8 Å². The molecule has 6 heteroatoms. The summed E-state index contributed by atoms with van der Waals surface area (Å²) >= 11 is 1.51. The topological polar surface area (TPSA) is 29.3 Å². The second kappa shape index (κ2) is 4.67. The average molecular weight is 322 g/mol. The lowest BCUT2D eigenvalue weighted by atomic mass is 9.96. The minimum absolute atomic E-state index is 0.0563. The van der Waals surface area contributed by atoms with Crippen molar-refractivity contribution in [2.24, 2.45) is 5.73 Å². The first-order valence-corrected chi connectivity index (χ1v) is 7.82. The lowest BCUT2D eigenvalue weighted by molar-refractivity contribution is -0.137. The van der Waals surface area contributed by atoms with E-state index in [1.807, 2.05) is 23.1 Å². The highest BCUT2D eigenvalue weighted by atomic mass is 32.2. The van der Waals surface area contributed by atoms with E-state index in [0.717, 1.165) is 33.5 Å². The predicted molar refractivity (Wildman–Crippen MR) is 80.6 cm³/mol. The first-order chi connectivity index (χ1) is 10.4. The molecule has 1 atom stereocenters. The molecule has 4 rings (SSSR count). The first kappa shape index (κ1) is 14.0. The number of rotatable bonds is 0. The molecule has 0 saturated carbocycles. The first-order valence-electron chi connectivity index (χ1n) is 7.00. The average Bonchev–Trinajstić information content (AvgIpc) is 2.48. The largest absolute Gasteiger partial charge is 0.416 e. The lowest BCUT2D eigenvalue weighted by Crippen LogP contribution is -2.32. The summed E-state index contributed by atoms with van der Waals surface area (Å²) < 4.78 is 39.0. The number of alkyl halides is 3. The molecule has 0 radical (unpaired) electrons. The summed E-state index contributed by atoms with van der Waals surface area (Å²) in [4.78, 5) is 3.89. The summed E-state index contributed by atoms with van der Waals surface area (Å²) in [6, 6.07) is 9.82. The molecule has 2 aliphatic heterocycles. The molecule has 2 aromatic carbocycles. The third kappa shape index (κ3) is 2.01. The Morgan fingerprint density at radius 1 is 1.14 bits per heavy atom. The second-order valence-electron chi connectivity index (χ2n) is 5.52. The van der Waals surface area contributed by atoms with Crippen molar-refractivity contribution in [3.8, 4) is 0 Å². The fraction of sp³-hybridized carbons (Fsp3) is 0.250. The van der Waals surface area contributed by atoms with E-state index < -0.39 is 11.7 Å². The van der Waals surface area contributed by atoms with E-state index in [0.29, 0.717) is 12.2 Å². The standard InChI is InChI=1S/C16H13F3N2S/c17-16(18,19)9-4-5-13-12(8-9)21-7-6-11(20)10-2-1-3-14(22-13)15(10)21/h1-5,8,11H,6-7,20H2. The Bertz CT molecular complexity index is 758. The molecule has 2 heterocycles. The van der Waals surface area contributed by atoms with Gasteiger partial charge in [0, 0.05) is 22.4 Å². The van der Waals surface area contributed by atoms with Gasteiger partial charge >= 0.3 is 6.18 Å². The third-order valence-electron chi connectivity index (χ3n) is 4.16. The van der Waals surface area contributed by atoms with E-state index in [1.54, 1.807) is 6.07 Å². The maximum Gasteiger partial charge on any atom is 0.416 e. The quantitative estimate of drug-likeness (QED) is 0.761. The van der Waals surface area contributed by atoms with E-state index in [4.69, 9.17) is 5.73 Å². The number of nitrogens with two attached hydrogens (primary N) is 1. The number of halogens is 3. The summed E-state index contributed by atoms with van der Waals surface area (Å²) in [7, 11) is 0. The molecule has 0 aromatic heterocycles. The van der Waals surface area contributed by atoms with Crippen LogP contribution in [-0.2, 0) is 6.18 Å². The van der Waals surface area contributed by atoms with E-state index in [9.17, 15) is 13.2 Å². The summed E-state index contributed by atoms with van der Waals surface area (Å²) in [5.41, 5.74) is 8.17. The van der Waals surface area contributed by atoms with Crippen molar-refractivity contribution in [1.82, 2.24) is 0 Å². The summed E-state index contributed by atoms with van der Waals surface area (Å²) in [5.74, 6) is 0. The normalized spacial score (nSPS) is 19.6. The van der Waals surface area contributed by atoms with Gasteiger partial charge in [0.1, 0.15) is 0 Å². The zero-order valence-corrected chi connectivity index (χ0v) is 12.3. The van der Waals surface area contributed by atoms with Crippen LogP contribution in [0, 0.1) is 0 Å². The lowest BCUT2D eigenvalue weighted by Gasteiger charge is -2.39. The zero-order chi connectivity index (χ0) is 15.5. The molecule has 0 saturated heterocycles. The third-order valence-corrected chi connectivity index (χ3v) is 5.27. The molecule has 2 N–H and O–H groups in total. The van der Waals surface area contributed by atoms with E-state index in [2.05, 4.69) is 0 Å². The number of hydrogen-bond acceptors (Lipinski definition) is 3. The summed E-state index contributed by atoms with van der Waals surface area (Å²) in [6.07, 6.45) is -3.59. The van der Waals surface area contributed by atoms with Crippen LogP contribution in [0.5, 0.6) is 0 Å². The van der Waals surface area contributed by atoms with Gasteiger partial charge in [0.25, 0.3) is 0 Å². The highest BCUT2D eigenvalue weighted by Crippen LogP contribution is 2.53. The molecular formula is C16H13F3N2S. The van der Waals surface area contributed by atoms with Crippen LogP contribution in [0.3, 0.4) is 0 Å².